The molecule has 0 bridgehead atoms. The molecule has 0 rings (SSSR count). The molecule has 0 aliphatic heterocycles. The van der Waals surface area contributed by atoms with Gasteiger partial charge in [-0.3, -0.25) is 4.79 Å². The lowest BCUT2D eigenvalue weighted by Crippen LogP contribution is -1.90. The number of nitrogens with two attached hydrogens (primary N) is 2. The van der Waals surface area contributed by atoms with Crippen LogP contribution in [0.5, 0.6) is 0 Å². The molecule has 0 saturated carbocycles. The molecular formula is C5H8N2O. The first-order chi connectivity index (χ1) is 3.81. The molecule has 44 valence electrons. The van der Waals surface area contributed by atoms with E-state index in [1.807, 2.05) is 0 Å². The van der Waals surface area contributed by atoms with E-state index in [9.17, 15) is 4.79 Å². The van der Waals surface area contributed by atoms with Crippen LogP contribution in [0.4, 0.5) is 0 Å². The number of hydrogen-bond donors (Lipinski definition) is 2. The normalized spacial score (nSPS) is 11.0. The Labute approximate surface area is 47.7 Å². The minimum atomic E-state index is -0.199. The zero-order valence-electron chi connectivity index (χ0n) is 4.37. The second-order valence-electron chi connectivity index (χ2n) is 1.12. The van der Waals surface area contributed by atoms with Crippen LogP contribution in [0.15, 0.2) is 24.6 Å². The molecule has 0 radical (unpaired) electrons. The highest BCUT2D eigenvalue weighted by atomic mass is 16.1. The monoisotopic (exact) mass is 112 g/mol. The van der Waals surface area contributed by atoms with E-state index in [1.165, 1.54) is 24.6 Å². The van der Waals surface area contributed by atoms with Crippen LogP contribution in [0.1, 0.15) is 0 Å². The van der Waals surface area contributed by atoms with Gasteiger partial charge in [-0.15, -0.1) is 0 Å². The summed E-state index contributed by atoms with van der Waals surface area (Å²) in [4.78, 5) is 10.3. The Bertz CT molecular complexity index is 112. The lowest BCUT2D eigenvalue weighted by molar-refractivity contribution is -0.110. The first-order valence-electron chi connectivity index (χ1n) is 2.11. The van der Waals surface area contributed by atoms with Gasteiger partial charge in [0.2, 0.25) is 0 Å². The summed E-state index contributed by atoms with van der Waals surface area (Å²) in [6, 6.07) is 0. The third-order valence-electron chi connectivity index (χ3n) is 0.521. The molecule has 8 heavy (non-hydrogen) atoms. The van der Waals surface area contributed by atoms with Gasteiger partial charge in [0.1, 0.15) is 0 Å². The molecule has 0 unspecified atom stereocenters. The topological polar surface area (TPSA) is 69.1 Å². The number of allylic oxidation sites excluding steroid dienone is 2. The first-order valence-corrected chi connectivity index (χ1v) is 2.11. The zero-order chi connectivity index (χ0) is 6.41. The summed E-state index contributed by atoms with van der Waals surface area (Å²) in [5.74, 6) is -0.199. The molecule has 0 aromatic rings. The van der Waals surface area contributed by atoms with Gasteiger partial charge in [-0.25, -0.2) is 0 Å². The van der Waals surface area contributed by atoms with Gasteiger partial charge in [0.05, 0.1) is 0 Å². The number of carbonyl (C=O) groups is 1. The van der Waals surface area contributed by atoms with Crippen molar-refractivity contribution in [1.29, 1.82) is 0 Å². The maximum atomic E-state index is 10.3. The SMILES string of the molecule is N/C=C\C(=O)/C=C\N. The Morgan fingerprint density at radius 2 is 1.50 bits per heavy atom. The summed E-state index contributed by atoms with van der Waals surface area (Å²) in [6.07, 6.45) is 4.79. The van der Waals surface area contributed by atoms with Crippen LogP contribution in [0.25, 0.3) is 0 Å². The largest absolute Gasteiger partial charge is 0.404 e. The van der Waals surface area contributed by atoms with Crippen molar-refractivity contribution >= 4 is 5.78 Å². The number of rotatable bonds is 2. The Balaban J connectivity index is 3.66. The Morgan fingerprint density at radius 3 is 1.75 bits per heavy atom. The maximum Gasteiger partial charge on any atom is 0.181 e. The van der Waals surface area contributed by atoms with Gasteiger partial charge in [0.15, 0.2) is 5.78 Å². The number of hydrogen-bond acceptors (Lipinski definition) is 3. The van der Waals surface area contributed by atoms with Crippen LogP contribution in [0.3, 0.4) is 0 Å². The van der Waals surface area contributed by atoms with Gasteiger partial charge in [-0.2, -0.15) is 0 Å². The first kappa shape index (κ1) is 6.75. The molecule has 0 spiro atoms. The van der Waals surface area contributed by atoms with E-state index >= 15 is 0 Å². The van der Waals surface area contributed by atoms with Crippen LogP contribution < -0.4 is 11.5 Å². The third kappa shape index (κ3) is 2.96. The van der Waals surface area contributed by atoms with Crippen molar-refractivity contribution in [1.82, 2.24) is 0 Å². The molecule has 0 saturated heterocycles. The van der Waals surface area contributed by atoms with Gasteiger partial charge in [-0.05, 0) is 12.4 Å². The maximum absolute atomic E-state index is 10.3. The van der Waals surface area contributed by atoms with Crippen LogP contribution >= 0.6 is 0 Å². The van der Waals surface area contributed by atoms with Gasteiger partial charge >= 0.3 is 0 Å². The molecule has 3 nitrogen and oxygen atoms in total. The van der Waals surface area contributed by atoms with Crippen LogP contribution in [0, 0.1) is 0 Å². The van der Waals surface area contributed by atoms with E-state index < -0.39 is 0 Å². The summed E-state index contributed by atoms with van der Waals surface area (Å²) in [5.41, 5.74) is 9.77. The van der Waals surface area contributed by atoms with Crippen molar-refractivity contribution in [3.63, 3.8) is 0 Å². The van der Waals surface area contributed by atoms with Gasteiger partial charge in [-0.1, -0.05) is 0 Å². The summed E-state index contributed by atoms with van der Waals surface area (Å²) in [6.45, 7) is 0. The van der Waals surface area contributed by atoms with Crippen molar-refractivity contribution in [3.8, 4) is 0 Å². The van der Waals surface area contributed by atoms with Crippen molar-refractivity contribution in [2.45, 2.75) is 0 Å². The van der Waals surface area contributed by atoms with E-state index in [0.29, 0.717) is 0 Å². The lowest BCUT2D eigenvalue weighted by Gasteiger charge is -1.75. The summed E-state index contributed by atoms with van der Waals surface area (Å²) in [5, 5.41) is 0. The standard InChI is InChI=1S/C5H8N2O/c6-3-1-5(8)2-4-7/h1-4H,6-7H2/b3-1-,4-2-. The number of ketones is 1. The summed E-state index contributed by atoms with van der Waals surface area (Å²) >= 11 is 0. The molecule has 0 aliphatic carbocycles. The van der Waals surface area contributed by atoms with Gasteiger partial charge in [0, 0.05) is 12.2 Å². The molecule has 0 atom stereocenters. The molecule has 4 N–H and O–H groups in total. The highest BCUT2D eigenvalue weighted by molar-refractivity contribution is 5.98. The van der Waals surface area contributed by atoms with Crippen molar-refractivity contribution < 1.29 is 4.79 Å². The molecule has 0 aliphatic rings. The van der Waals surface area contributed by atoms with Crippen molar-refractivity contribution in [2.75, 3.05) is 0 Å². The highest BCUT2D eigenvalue weighted by Crippen LogP contribution is 1.73. The fourth-order valence-electron chi connectivity index (χ4n) is 0.245. The van der Waals surface area contributed by atoms with Crippen LogP contribution in [-0.4, -0.2) is 5.78 Å². The molecule has 3 heteroatoms. The van der Waals surface area contributed by atoms with Crippen LogP contribution in [0.2, 0.25) is 0 Å². The third-order valence-corrected chi connectivity index (χ3v) is 0.521. The second-order valence-corrected chi connectivity index (χ2v) is 1.12. The Morgan fingerprint density at radius 1 is 1.12 bits per heavy atom. The van der Waals surface area contributed by atoms with E-state index in [-0.39, 0.29) is 5.78 Å². The second kappa shape index (κ2) is 3.92. The Kier molecular flexibility index (Phi) is 3.31. The summed E-state index contributed by atoms with van der Waals surface area (Å²) in [7, 11) is 0. The molecule has 0 heterocycles. The molecule has 0 aromatic carbocycles. The minimum Gasteiger partial charge on any atom is -0.404 e. The average Bonchev–Trinajstić information content (AvgIpc) is 1.68. The zero-order valence-corrected chi connectivity index (χ0v) is 4.37. The van der Waals surface area contributed by atoms with E-state index in [0.717, 1.165) is 0 Å². The quantitative estimate of drug-likeness (QED) is 0.473. The summed E-state index contributed by atoms with van der Waals surface area (Å²) < 4.78 is 0. The van der Waals surface area contributed by atoms with Crippen LogP contribution in [-0.2, 0) is 4.79 Å². The fraction of sp³-hybridized carbons (Fsp3) is 0. The predicted molar refractivity (Wildman–Crippen MR) is 31.7 cm³/mol. The van der Waals surface area contributed by atoms with E-state index in [1.54, 1.807) is 0 Å². The van der Waals surface area contributed by atoms with Crippen molar-refractivity contribution in [2.24, 2.45) is 11.5 Å². The fourth-order valence-corrected chi connectivity index (χ4v) is 0.245. The number of carbonyl (C=O) groups excluding carboxylic acids is 1. The van der Waals surface area contributed by atoms with E-state index in [2.05, 4.69) is 0 Å². The van der Waals surface area contributed by atoms with Crippen molar-refractivity contribution in [3.05, 3.63) is 24.6 Å². The predicted octanol–water partition coefficient (Wildman–Crippen LogP) is -0.500. The molecule has 0 amide bonds. The molecule has 0 aromatic heterocycles. The lowest BCUT2D eigenvalue weighted by atomic mass is 10.4. The highest BCUT2D eigenvalue weighted by Gasteiger charge is 1.81. The molecule has 0 fully saturated rings. The minimum absolute atomic E-state index is 0.199. The van der Waals surface area contributed by atoms with Gasteiger partial charge in [0.25, 0.3) is 0 Å². The van der Waals surface area contributed by atoms with E-state index in [4.69, 9.17) is 11.5 Å². The average molecular weight is 112 g/mol. The Hall–Kier alpha value is -1.25. The van der Waals surface area contributed by atoms with Gasteiger partial charge < -0.3 is 11.5 Å². The smallest absolute Gasteiger partial charge is 0.181 e. The molecular weight excluding hydrogens is 104 g/mol.